The van der Waals surface area contributed by atoms with Gasteiger partial charge in [-0.05, 0) is 66.6 Å². The monoisotopic (exact) mass is 579 g/mol. The molecule has 0 amide bonds. The predicted octanol–water partition coefficient (Wildman–Crippen LogP) is -0.106. The Morgan fingerprint density at radius 2 is 1.56 bits per heavy atom. The van der Waals surface area contributed by atoms with Crippen LogP contribution in [0.25, 0.3) is 0 Å². The molecule has 0 aromatic carbocycles. The molecule has 0 aliphatic heterocycles. The molecular formula is C27H47O11S-. The van der Waals surface area contributed by atoms with E-state index in [4.69, 9.17) is 4.18 Å². The molecule has 0 aromatic rings. The summed E-state index contributed by atoms with van der Waals surface area (Å²) in [7, 11) is -5.39. The largest absolute Gasteiger partial charge is 0.726 e. The third-order valence-corrected chi connectivity index (χ3v) is 12.0. The van der Waals surface area contributed by atoms with Crippen LogP contribution < -0.4 is 0 Å². The van der Waals surface area contributed by atoms with Crippen LogP contribution >= 0.6 is 0 Å². The van der Waals surface area contributed by atoms with Crippen molar-refractivity contribution >= 4 is 10.4 Å². The minimum atomic E-state index is -5.39. The van der Waals surface area contributed by atoms with Gasteiger partial charge < -0.3 is 40.3 Å². The minimum absolute atomic E-state index is 0.0690. The van der Waals surface area contributed by atoms with Gasteiger partial charge in [-0.15, -0.1) is 0 Å². The van der Waals surface area contributed by atoms with Crippen molar-refractivity contribution < 1.29 is 52.9 Å². The lowest BCUT2D eigenvalue weighted by Crippen LogP contribution is -2.77. The topological polar surface area (TPSA) is 208 Å². The molecule has 0 spiro atoms. The maximum Gasteiger partial charge on any atom is 0.218 e. The zero-order chi connectivity index (χ0) is 29.3. The van der Waals surface area contributed by atoms with Crippen LogP contribution in [-0.4, -0.2) is 97.5 Å². The Bertz CT molecular complexity index is 994. The van der Waals surface area contributed by atoms with E-state index in [9.17, 15) is 48.7 Å². The highest BCUT2D eigenvalue weighted by Crippen LogP contribution is 2.70. The number of hydrogen-bond donors (Lipinski definition) is 7. The Balaban J connectivity index is 1.75. The molecule has 0 aromatic heterocycles. The van der Waals surface area contributed by atoms with Gasteiger partial charge in [0, 0.05) is 18.4 Å². The molecule has 4 rings (SSSR count). The van der Waals surface area contributed by atoms with Crippen molar-refractivity contribution in [1.82, 2.24) is 0 Å². The van der Waals surface area contributed by atoms with Gasteiger partial charge >= 0.3 is 0 Å². The normalized spacial score (nSPS) is 51.5. The summed E-state index contributed by atoms with van der Waals surface area (Å²) < 4.78 is 40.2. The van der Waals surface area contributed by atoms with E-state index >= 15 is 0 Å². The molecule has 1 unspecified atom stereocenters. The van der Waals surface area contributed by atoms with Gasteiger partial charge in [-0.2, -0.15) is 0 Å². The summed E-state index contributed by atoms with van der Waals surface area (Å²) in [6.07, 6.45) is -5.63. The minimum Gasteiger partial charge on any atom is -0.726 e. The van der Waals surface area contributed by atoms with Gasteiger partial charge in [0.25, 0.3) is 0 Å². The Morgan fingerprint density at radius 1 is 0.949 bits per heavy atom. The summed E-state index contributed by atoms with van der Waals surface area (Å²) in [6.45, 7) is 7.64. The average Bonchev–Trinajstić information content (AvgIpc) is 3.04. The fraction of sp³-hybridized carbons (Fsp3) is 1.00. The second-order valence-electron chi connectivity index (χ2n) is 13.7. The van der Waals surface area contributed by atoms with Crippen molar-refractivity contribution in [3.8, 4) is 0 Å². The Kier molecular flexibility index (Phi) is 8.65. The first-order valence-electron chi connectivity index (χ1n) is 14.3. The predicted molar refractivity (Wildman–Crippen MR) is 137 cm³/mol. The van der Waals surface area contributed by atoms with Crippen molar-refractivity contribution in [3.05, 3.63) is 0 Å². The lowest BCUT2D eigenvalue weighted by atomic mass is 9.40. The Hall–Kier alpha value is -0.410. The van der Waals surface area contributed by atoms with Crippen LogP contribution in [0.15, 0.2) is 0 Å². The van der Waals surface area contributed by atoms with Gasteiger partial charge in [-0.25, -0.2) is 8.42 Å². The van der Waals surface area contributed by atoms with Gasteiger partial charge in [0.1, 0.15) is 17.8 Å². The number of aliphatic hydroxyl groups excluding tert-OH is 6. The van der Waals surface area contributed by atoms with Crippen LogP contribution in [0.1, 0.15) is 72.6 Å². The summed E-state index contributed by atoms with van der Waals surface area (Å²) in [4.78, 5) is 0. The highest BCUT2D eigenvalue weighted by molar-refractivity contribution is 7.80. The molecule has 11 nitrogen and oxygen atoms in total. The molecule has 4 aliphatic carbocycles. The van der Waals surface area contributed by atoms with E-state index in [0.717, 1.165) is 19.3 Å². The fourth-order valence-electron chi connectivity index (χ4n) is 9.83. The highest BCUT2D eigenvalue weighted by atomic mass is 32.3. The van der Waals surface area contributed by atoms with E-state index in [0.29, 0.717) is 12.8 Å². The lowest BCUT2D eigenvalue weighted by Gasteiger charge is -2.68. The molecule has 15 atom stereocenters. The zero-order valence-electron chi connectivity index (χ0n) is 23.3. The van der Waals surface area contributed by atoms with Crippen LogP contribution in [-0.2, 0) is 14.6 Å². The van der Waals surface area contributed by atoms with Gasteiger partial charge in [0.15, 0.2) is 0 Å². The molecule has 228 valence electrons. The third kappa shape index (κ3) is 4.90. The number of fused-ring (bicyclic) bond motifs is 5. The first-order chi connectivity index (χ1) is 17.9. The molecule has 4 fully saturated rings. The smallest absolute Gasteiger partial charge is 0.218 e. The fourth-order valence-corrected chi connectivity index (χ4v) is 10.3. The van der Waals surface area contributed by atoms with Crippen LogP contribution in [0.3, 0.4) is 0 Å². The maximum absolute atomic E-state index is 12.5. The van der Waals surface area contributed by atoms with E-state index in [1.54, 1.807) is 6.92 Å². The molecule has 4 aliphatic rings. The van der Waals surface area contributed by atoms with E-state index in [1.165, 1.54) is 0 Å². The van der Waals surface area contributed by atoms with Crippen LogP contribution in [0.4, 0.5) is 0 Å². The molecule has 0 heterocycles. The van der Waals surface area contributed by atoms with Gasteiger partial charge in [0.2, 0.25) is 10.4 Å². The Morgan fingerprint density at radius 3 is 2.15 bits per heavy atom. The number of hydrogen-bond acceptors (Lipinski definition) is 11. The third-order valence-electron chi connectivity index (χ3n) is 11.5. The van der Waals surface area contributed by atoms with E-state index < -0.39 is 87.1 Å². The SMILES string of the molecule is CC(CO)CCC[C@@H](C)[C@H]1[C@@H](O)[C@@H](O)[C@@H]2[C@]1(C)CC[C@@H]1[C@@]3(C)CC[C@H](O)[C@H](O)[C@@H]3[C@@H](OS(=O)(=O)[O-])[C@@H](O)[C@]12O. The van der Waals surface area contributed by atoms with E-state index in [2.05, 4.69) is 0 Å². The van der Waals surface area contributed by atoms with E-state index in [-0.39, 0.29) is 31.3 Å². The summed E-state index contributed by atoms with van der Waals surface area (Å²) in [5, 5.41) is 77.8. The van der Waals surface area contributed by atoms with Crippen LogP contribution in [0, 0.1) is 46.3 Å². The molecular weight excluding hydrogens is 532 g/mol. The molecule has 39 heavy (non-hydrogen) atoms. The van der Waals surface area contributed by atoms with Crippen molar-refractivity contribution in [2.24, 2.45) is 46.3 Å². The summed E-state index contributed by atoms with van der Waals surface area (Å²) in [5.74, 6) is -3.34. The molecule has 0 saturated heterocycles. The van der Waals surface area contributed by atoms with Crippen LogP contribution in [0.2, 0.25) is 0 Å². The second-order valence-corrected chi connectivity index (χ2v) is 14.7. The van der Waals surface area contributed by atoms with Gasteiger partial charge in [0.05, 0.1) is 24.4 Å². The Labute approximate surface area is 231 Å². The highest BCUT2D eigenvalue weighted by Gasteiger charge is 2.76. The van der Waals surface area contributed by atoms with E-state index in [1.807, 2.05) is 20.8 Å². The molecule has 0 bridgehead atoms. The van der Waals surface area contributed by atoms with Crippen molar-refractivity contribution in [2.75, 3.05) is 6.61 Å². The quantitative estimate of drug-likeness (QED) is 0.149. The standard InChI is InChI=1S/C27H48O11S/c1-13(12-28)6-5-7-14(2)17-20(31)21(32)23-26(17,4)11-9-16-25(3)10-8-15(29)19(30)18(25)22(38-39(35,36)37)24(33)27(16,23)34/h13-24,28-34H,5-12H2,1-4H3,(H,35,36,37)/p-1/t13?,14-,15+,16-,17+,18-,19+,20-,21-,22-,23-,24-,25-,26-,27+/m1/s1. The van der Waals surface area contributed by atoms with Crippen molar-refractivity contribution in [3.63, 3.8) is 0 Å². The number of rotatable bonds is 8. The second kappa shape index (κ2) is 10.7. The maximum atomic E-state index is 12.5. The molecule has 7 N–H and O–H groups in total. The summed E-state index contributed by atoms with van der Waals surface area (Å²) in [6, 6.07) is 0. The lowest BCUT2D eigenvalue weighted by molar-refractivity contribution is -0.318. The first-order valence-corrected chi connectivity index (χ1v) is 15.7. The number of aliphatic hydroxyl groups is 7. The average molecular weight is 580 g/mol. The summed E-state index contributed by atoms with van der Waals surface area (Å²) in [5.41, 5.74) is -4.03. The summed E-state index contributed by atoms with van der Waals surface area (Å²) >= 11 is 0. The molecule has 4 saturated carbocycles. The van der Waals surface area contributed by atoms with Gasteiger partial charge in [-0.1, -0.05) is 40.5 Å². The van der Waals surface area contributed by atoms with Crippen molar-refractivity contribution in [1.29, 1.82) is 0 Å². The molecule has 0 radical (unpaired) electrons. The van der Waals surface area contributed by atoms with Crippen LogP contribution in [0.5, 0.6) is 0 Å². The molecule has 12 heteroatoms. The van der Waals surface area contributed by atoms with Gasteiger partial charge in [-0.3, -0.25) is 4.18 Å². The first kappa shape index (κ1) is 31.5. The zero-order valence-corrected chi connectivity index (χ0v) is 24.1. The van der Waals surface area contributed by atoms with Crippen molar-refractivity contribution in [2.45, 2.75) is 115 Å².